The molecule has 0 saturated heterocycles. The van der Waals surface area contributed by atoms with Crippen LogP contribution in [0.2, 0.25) is 0 Å². The normalized spacial score (nSPS) is 11.2. The van der Waals surface area contributed by atoms with Crippen LogP contribution in [0, 0.1) is 0 Å². The van der Waals surface area contributed by atoms with Crippen LogP contribution in [0.15, 0.2) is 73.2 Å². The molecule has 0 atom stereocenters. The van der Waals surface area contributed by atoms with Crippen molar-refractivity contribution in [2.45, 2.75) is 6.42 Å². The van der Waals surface area contributed by atoms with Crippen LogP contribution in [-0.2, 0) is 6.42 Å². The number of hydrogen-bond donors (Lipinski definition) is 0. The summed E-state index contributed by atoms with van der Waals surface area (Å²) in [7, 11) is 0. The lowest BCUT2D eigenvalue weighted by Gasteiger charge is -2.08. The van der Waals surface area contributed by atoms with Crippen LogP contribution in [0.1, 0.15) is 11.3 Å². The third-order valence-corrected chi connectivity index (χ3v) is 4.35. The van der Waals surface area contributed by atoms with Crippen LogP contribution in [0.5, 0.6) is 0 Å². The average Bonchev–Trinajstić information content (AvgIpc) is 3.14. The molecule has 6 nitrogen and oxygen atoms in total. The smallest absolute Gasteiger partial charge is 0.205 e. The number of hydrogen-bond acceptors (Lipinski definition) is 5. The molecule has 3 heterocycles. The molecule has 5 aromatic rings. The van der Waals surface area contributed by atoms with Crippen molar-refractivity contribution in [1.82, 2.24) is 29.8 Å². The molecule has 124 valence electrons. The summed E-state index contributed by atoms with van der Waals surface area (Å²) in [6.45, 7) is 0. The second-order valence-electron chi connectivity index (χ2n) is 6.00. The second kappa shape index (κ2) is 6.00. The van der Waals surface area contributed by atoms with E-state index in [0.717, 1.165) is 28.5 Å². The van der Waals surface area contributed by atoms with Gasteiger partial charge in [-0.1, -0.05) is 54.6 Å². The highest BCUT2D eigenvalue weighted by molar-refractivity contribution is 5.95. The van der Waals surface area contributed by atoms with Crippen LogP contribution >= 0.6 is 0 Å². The molecule has 0 amide bonds. The minimum Gasteiger partial charge on any atom is -0.261 e. The highest BCUT2D eigenvalue weighted by Gasteiger charge is 2.16. The molecule has 0 spiro atoms. The SMILES string of the molecule is c1ccc(Cc2nn3c(-c4cnccn4)nnc3c3ccccc23)cc1. The van der Waals surface area contributed by atoms with E-state index < -0.39 is 0 Å². The quantitative estimate of drug-likeness (QED) is 0.505. The lowest BCUT2D eigenvalue weighted by molar-refractivity contribution is 0.884. The Morgan fingerprint density at radius 3 is 2.42 bits per heavy atom. The fraction of sp³-hybridized carbons (Fsp3) is 0.0500. The van der Waals surface area contributed by atoms with E-state index in [9.17, 15) is 0 Å². The molecule has 5 rings (SSSR count). The summed E-state index contributed by atoms with van der Waals surface area (Å²) in [5, 5.41) is 15.6. The summed E-state index contributed by atoms with van der Waals surface area (Å²) >= 11 is 0. The highest BCUT2D eigenvalue weighted by atomic mass is 15.4. The van der Waals surface area contributed by atoms with Crippen molar-refractivity contribution in [3.05, 3.63) is 84.4 Å². The summed E-state index contributed by atoms with van der Waals surface area (Å²) in [5.41, 5.74) is 3.55. The van der Waals surface area contributed by atoms with Gasteiger partial charge in [-0.3, -0.25) is 4.98 Å². The fourth-order valence-electron chi connectivity index (χ4n) is 3.14. The van der Waals surface area contributed by atoms with Gasteiger partial charge < -0.3 is 0 Å². The lowest BCUT2D eigenvalue weighted by Crippen LogP contribution is -2.03. The van der Waals surface area contributed by atoms with Crippen molar-refractivity contribution in [1.29, 1.82) is 0 Å². The van der Waals surface area contributed by atoms with Crippen LogP contribution < -0.4 is 0 Å². The fourth-order valence-corrected chi connectivity index (χ4v) is 3.14. The highest BCUT2D eigenvalue weighted by Crippen LogP contribution is 2.25. The molecule has 0 aliphatic heterocycles. The van der Waals surface area contributed by atoms with Gasteiger partial charge in [0.2, 0.25) is 5.82 Å². The Morgan fingerprint density at radius 2 is 1.62 bits per heavy atom. The maximum Gasteiger partial charge on any atom is 0.205 e. The van der Waals surface area contributed by atoms with Gasteiger partial charge in [-0.2, -0.15) is 9.61 Å². The lowest BCUT2D eigenvalue weighted by atomic mass is 10.0. The minimum atomic E-state index is 0.591. The summed E-state index contributed by atoms with van der Waals surface area (Å²) in [4.78, 5) is 8.47. The Morgan fingerprint density at radius 1 is 0.808 bits per heavy atom. The average molecular weight is 338 g/mol. The monoisotopic (exact) mass is 338 g/mol. The largest absolute Gasteiger partial charge is 0.261 e. The predicted octanol–water partition coefficient (Wildman–Crippen LogP) is 3.33. The molecule has 0 radical (unpaired) electrons. The molecular weight excluding hydrogens is 324 g/mol. The van der Waals surface area contributed by atoms with Gasteiger partial charge in [0.25, 0.3) is 0 Å². The third-order valence-electron chi connectivity index (χ3n) is 4.35. The first-order valence-electron chi connectivity index (χ1n) is 8.33. The number of fused-ring (bicyclic) bond motifs is 3. The van der Waals surface area contributed by atoms with Crippen molar-refractivity contribution in [3.8, 4) is 11.5 Å². The Kier molecular flexibility index (Phi) is 3.38. The van der Waals surface area contributed by atoms with E-state index in [1.165, 1.54) is 5.56 Å². The standard InChI is InChI=1S/C20H14N6/c1-2-6-14(7-3-1)12-17-15-8-4-5-9-16(15)19-23-24-20(26(19)25-17)18-13-21-10-11-22-18/h1-11,13H,12H2. The number of benzene rings is 2. The molecule has 0 N–H and O–H groups in total. The summed E-state index contributed by atoms with van der Waals surface area (Å²) < 4.78 is 1.77. The van der Waals surface area contributed by atoms with Crippen molar-refractivity contribution in [2.24, 2.45) is 0 Å². The molecule has 0 unspecified atom stereocenters. The van der Waals surface area contributed by atoms with Crippen molar-refractivity contribution in [3.63, 3.8) is 0 Å². The van der Waals surface area contributed by atoms with Gasteiger partial charge in [0.1, 0.15) is 5.69 Å². The summed E-state index contributed by atoms with van der Waals surface area (Å²) in [5.74, 6) is 0.591. The van der Waals surface area contributed by atoms with E-state index in [0.29, 0.717) is 11.5 Å². The second-order valence-corrected chi connectivity index (χ2v) is 6.00. The number of nitrogens with zero attached hydrogens (tertiary/aromatic N) is 6. The zero-order chi connectivity index (χ0) is 17.3. The van der Waals surface area contributed by atoms with E-state index in [4.69, 9.17) is 5.10 Å². The Bertz CT molecular complexity index is 1200. The van der Waals surface area contributed by atoms with Crippen molar-refractivity contribution < 1.29 is 0 Å². The maximum absolute atomic E-state index is 4.86. The van der Waals surface area contributed by atoms with Crippen molar-refractivity contribution in [2.75, 3.05) is 0 Å². The van der Waals surface area contributed by atoms with Gasteiger partial charge in [0, 0.05) is 29.6 Å². The van der Waals surface area contributed by atoms with Gasteiger partial charge in [-0.25, -0.2) is 4.98 Å². The summed E-state index contributed by atoms with van der Waals surface area (Å²) in [6.07, 6.45) is 5.68. The number of aromatic nitrogens is 6. The van der Waals surface area contributed by atoms with Crippen LogP contribution in [-0.4, -0.2) is 29.8 Å². The zero-order valence-electron chi connectivity index (χ0n) is 13.8. The molecule has 0 fully saturated rings. The third kappa shape index (κ3) is 2.39. The van der Waals surface area contributed by atoms with Crippen LogP contribution in [0.4, 0.5) is 0 Å². The van der Waals surface area contributed by atoms with E-state index in [1.807, 2.05) is 30.3 Å². The Labute approximate surface area is 149 Å². The van der Waals surface area contributed by atoms with E-state index >= 15 is 0 Å². The first-order chi connectivity index (χ1) is 12.9. The van der Waals surface area contributed by atoms with Gasteiger partial charge in [0.05, 0.1) is 11.9 Å². The molecule has 0 aliphatic carbocycles. The van der Waals surface area contributed by atoms with E-state index in [-0.39, 0.29) is 0 Å². The topological polar surface area (TPSA) is 68.9 Å². The minimum absolute atomic E-state index is 0.591. The number of rotatable bonds is 3. The molecule has 0 bridgehead atoms. The van der Waals surface area contributed by atoms with Crippen molar-refractivity contribution >= 4 is 16.4 Å². The van der Waals surface area contributed by atoms with Crippen LogP contribution in [0.25, 0.3) is 27.9 Å². The maximum atomic E-state index is 4.86. The molecule has 6 heteroatoms. The molecule has 3 aromatic heterocycles. The van der Waals surface area contributed by atoms with Gasteiger partial charge in [0.15, 0.2) is 5.65 Å². The van der Waals surface area contributed by atoms with E-state index in [1.54, 1.807) is 23.1 Å². The van der Waals surface area contributed by atoms with E-state index in [2.05, 4.69) is 44.4 Å². The van der Waals surface area contributed by atoms with Gasteiger partial charge in [-0.05, 0) is 5.56 Å². The Hall–Kier alpha value is -3.67. The molecule has 0 saturated carbocycles. The first kappa shape index (κ1) is 14.7. The zero-order valence-corrected chi connectivity index (χ0v) is 13.8. The first-order valence-corrected chi connectivity index (χ1v) is 8.33. The molecule has 2 aromatic carbocycles. The predicted molar refractivity (Wildman–Crippen MR) is 98.6 cm³/mol. The van der Waals surface area contributed by atoms with Gasteiger partial charge >= 0.3 is 0 Å². The Balaban J connectivity index is 1.77. The molecular formula is C20H14N6. The molecule has 26 heavy (non-hydrogen) atoms. The van der Waals surface area contributed by atoms with Crippen LogP contribution in [0.3, 0.4) is 0 Å². The van der Waals surface area contributed by atoms with Gasteiger partial charge in [-0.15, -0.1) is 10.2 Å². The summed E-state index contributed by atoms with van der Waals surface area (Å²) in [6, 6.07) is 18.5. The molecule has 0 aliphatic rings.